The predicted molar refractivity (Wildman–Crippen MR) is 96.8 cm³/mol. The zero-order valence-corrected chi connectivity index (χ0v) is 16.6. The molecule has 29 heavy (non-hydrogen) atoms. The minimum absolute atomic E-state index is 0.0160. The molecule has 2 aromatic carbocycles. The van der Waals surface area contributed by atoms with E-state index in [2.05, 4.69) is 0 Å². The van der Waals surface area contributed by atoms with Crippen LogP contribution in [0, 0.1) is 5.82 Å². The average Bonchev–Trinajstić information content (AvgIpc) is 2.68. The van der Waals surface area contributed by atoms with Gasteiger partial charge in [0.25, 0.3) is 0 Å². The van der Waals surface area contributed by atoms with E-state index in [0.717, 1.165) is 46.8 Å². The van der Waals surface area contributed by atoms with Gasteiger partial charge in [0.15, 0.2) is 9.84 Å². The van der Waals surface area contributed by atoms with E-state index in [1.165, 1.54) is 0 Å². The largest absolute Gasteiger partial charge is 0.416 e. The topological polar surface area (TPSA) is 71.5 Å². The van der Waals surface area contributed by atoms with E-state index < -0.39 is 47.6 Å². The van der Waals surface area contributed by atoms with Gasteiger partial charge in [-0.1, -0.05) is 6.07 Å². The number of sulfone groups is 1. The molecule has 11 heteroatoms. The minimum Gasteiger partial charge on any atom is -0.223 e. The lowest BCUT2D eigenvalue weighted by Gasteiger charge is -2.31. The van der Waals surface area contributed by atoms with Crippen molar-refractivity contribution in [2.24, 2.45) is 0 Å². The first-order valence-corrected chi connectivity index (χ1v) is 11.6. The smallest absolute Gasteiger partial charge is 0.223 e. The fourth-order valence-corrected chi connectivity index (χ4v) is 6.43. The summed E-state index contributed by atoms with van der Waals surface area (Å²) in [6.07, 6.45) is -4.71. The third kappa shape index (κ3) is 4.46. The van der Waals surface area contributed by atoms with Gasteiger partial charge in [0.1, 0.15) is 5.82 Å². The molecule has 1 fully saturated rings. The molecule has 2 aromatic rings. The predicted octanol–water partition coefficient (Wildman–Crippen LogP) is 3.47. The summed E-state index contributed by atoms with van der Waals surface area (Å²) < 4.78 is 103. The van der Waals surface area contributed by atoms with Crippen LogP contribution >= 0.6 is 0 Å². The quantitative estimate of drug-likeness (QED) is 0.527. The Morgan fingerprint density at radius 1 is 0.862 bits per heavy atom. The summed E-state index contributed by atoms with van der Waals surface area (Å²) in [4.78, 5) is -0.551. The van der Waals surface area contributed by atoms with Crippen LogP contribution in [0.2, 0.25) is 0 Å². The van der Waals surface area contributed by atoms with Gasteiger partial charge in [-0.15, -0.1) is 0 Å². The molecule has 1 saturated heterocycles. The van der Waals surface area contributed by atoms with Crippen molar-refractivity contribution in [2.45, 2.75) is 34.1 Å². The Balaban J connectivity index is 1.77. The van der Waals surface area contributed by atoms with Crippen molar-refractivity contribution in [3.8, 4) is 0 Å². The Kier molecular flexibility index (Phi) is 5.76. The second-order valence-electron chi connectivity index (χ2n) is 6.63. The molecule has 0 amide bonds. The molecule has 1 aliphatic heterocycles. The second-order valence-corrected chi connectivity index (χ2v) is 10.8. The summed E-state index contributed by atoms with van der Waals surface area (Å²) in [5, 5.41) is -0.860. The number of sulfonamides is 1. The summed E-state index contributed by atoms with van der Waals surface area (Å²) in [6.45, 7) is -0.298. The fourth-order valence-electron chi connectivity index (χ4n) is 3.18. The highest BCUT2D eigenvalue weighted by Gasteiger charge is 2.37. The number of benzene rings is 2. The summed E-state index contributed by atoms with van der Waals surface area (Å²) in [5.74, 6) is -0.578. The Labute approximate surface area is 165 Å². The molecule has 0 aliphatic carbocycles. The molecule has 0 radical (unpaired) electrons. The Bertz CT molecular complexity index is 1090. The van der Waals surface area contributed by atoms with E-state index in [-0.39, 0.29) is 30.8 Å². The van der Waals surface area contributed by atoms with Gasteiger partial charge in [-0.25, -0.2) is 21.2 Å². The van der Waals surface area contributed by atoms with Crippen molar-refractivity contribution < 1.29 is 34.4 Å². The van der Waals surface area contributed by atoms with Crippen LogP contribution in [-0.2, 0) is 26.0 Å². The third-order valence-corrected chi connectivity index (χ3v) is 8.95. The molecule has 5 nitrogen and oxygen atoms in total. The zero-order valence-electron chi connectivity index (χ0n) is 14.9. The number of nitrogens with zero attached hydrogens (tertiary/aromatic N) is 1. The van der Waals surface area contributed by atoms with Gasteiger partial charge in [0.2, 0.25) is 10.0 Å². The molecule has 0 atom stereocenters. The van der Waals surface area contributed by atoms with Crippen LogP contribution in [-0.4, -0.2) is 39.5 Å². The normalized spacial score (nSPS) is 17.4. The van der Waals surface area contributed by atoms with Crippen LogP contribution in [0.3, 0.4) is 0 Å². The lowest BCUT2D eigenvalue weighted by molar-refractivity contribution is -0.137. The standard InChI is InChI=1S/C18H17F4NO4S2/c19-14-4-6-15(7-5-14)28(24,25)16-8-10-23(11-9-16)29(26,27)17-3-1-2-13(12-17)18(20,21)22/h1-7,12,16H,8-11H2. The number of halogens is 4. The highest BCUT2D eigenvalue weighted by Crippen LogP contribution is 2.32. The maximum absolute atomic E-state index is 13.0. The average molecular weight is 451 g/mol. The summed E-state index contributed by atoms with van der Waals surface area (Å²) >= 11 is 0. The fraction of sp³-hybridized carbons (Fsp3) is 0.333. The van der Waals surface area contributed by atoms with Crippen molar-refractivity contribution in [3.63, 3.8) is 0 Å². The van der Waals surface area contributed by atoms with E-state index in [0.29, 0.717) is 6.07 Å². The van der Waals surface area contributed by atoms with Crippen LogP contribution in [0.1, 0.15) is 18.4 Å². The summed E-state index contributed by atoms with van der Waals surface area (Å²) in [6, 6.07) is 7.79. The van der Waals surface area contributed by atoms with Crippen molar-refractivity contribution in [3.05, 3.63) is 59.9 Å². The van der Waals surface area contributed by atoms with Crippen LogP contribution in [0.15, 0.2) is 58.3 Å². The van der Waals surface area contributed by atoms with Gasteiger partial charge in [-0.05, 0) is 55.3 Å². The van der Waals surface area contributed by atoms with Gasteiger partial charge in [-0.3, -0.25) is 0 Å². The first-order chi connectivity index (χ1) is 13.4. The van der Waals surface area contributed by atoms with E-state index in [4.69, 9.17) is 0 Å². The van der Waals surface area contributed by atoms with Crippen molar-refractivity contribution >= 4 is 19.9 Å². The van der Waals surface area contributed by atoms with E-state index >= 15 is 0 Å². The molecule has 158 valence electrons. The molecule has 1 aliphatic rings. The number of rotatable bonds is 4. The van der Waals surface area contributed by atoms with Gasteiger partial charge in [-0.2, -0.15) is 17.5 Å². The van der Waals surface area contributed by atoms with E-state index in [9.17, 15) is 34.4 Å². The number of alkyl halides is 3. The van der Waals surface area contributed by atoms with Gasteiger partial charge in [0, 0.05) is 13.1 Å². The molecular weight excluding hydrogens is 434 g/mol. The molecule has 0 spiro atoms. The molecular formula is C18H17F4NO4S2. The van der Waals surface area contributed by atoms with Crippen LogP contribution in [0.4, 0.5) is 17.6 Å². The Hall–Kier alpha value is -1.98. The highest BCUT2D eigenvalue weighted by molar-refractivity contribution is 7.92. The van der Waals surface area contributed by atoms with Crippen LogP contribution in [0.5, 0.6) is 0 Å². The maximum Gasteiger partial charge on any atom is 0.416 e. The summed E-state index contributed by atoms with van der Waals surface area (Å²) in [7, 11) is -7.97. The first kappa shape index (κ1) is 21.7. The molecule has 0 bridgehead atoms. The molecule has 3 rings (SSSR count). The number of hydrogen-bond acceptors (Lipinski definition) is 4. The highest BCUT2D eigenvalue weighted by atomic mass is 32.2. The van der Waals surface area contributed by atoms with Gasteiger partial charge < -0.3 is 0 Å². The van der Waals surface area contributed by atoms with Crippen molar-refractivity contribution in [2.75, 3.05) is 13.1 Å². The van der Waals surface area contributed by atoms with Crippen molar-refractivity contribution in [1.82, 2.24) is 4.31 Å². The Morgan fingerprint density at radius 2 is 1.45 bits per heavy atom. The lowest BCUT2D eigenvalue weighted by atomic mass is 10.2. The number of piperidine rings is 1. The minimum atomic E-state index is -4.68. The van der Waals surface area contributed by atoms with Gasteiger partial charge in [0.05, 0.1) is 20.6 Å². The molecule has 0 aromatic heterocycles. The lowest BCUT2D eigenvalue weighted by Crippen LogP contribution is -2.42. The number of hydrogen-bond donors (Lipinski definition) is 0. The molecule has 1 heterocycles. The Morgan fingerprint density at radius 3 is 2.00 bits per heavy atom. The first-order valence-electron chi connectivity index (χ1n) is 8.59. The van der Waals surface area contributed by atoms with Crippen molar-refractivity contribution in [1.29, 1.82) is 0 Å². The molecule has 0 N–H and O–H groups in total. The van der Waals surface area contributed by atoms with Crippen LogP contribution < -0.4 is 0 Å². The monoisotopic (exact) mass is 451 g/mol. The second kappa shape index (κ2) is 7.69. The zero-order chi connectivity index (χ0) is 21.4. The molecule has 0 saturated carbocycles. The van der Waals surface area contributed by atoms with E-state index in [1.54, 1.807) is 0 Å². The maximum atomic E-state index is 13.0. The molecule has 0 unspecified atom stereocenters. The SMILES string of the molecule is O=S(=O)(c1ccc(F)cc1)C1CCN(S(=O)(=O)c2cccc(C(F)(F)F)c2)CC1. The van der Waals surface area contributed by atoms with E-state index in [1.807, 2.05) is 0 Å². The summed E-state index contributed by atoms with van der Waals surface area (Å²) in [5.41, 5.74) is -1.08. The third-order valence-electron chi connectivity index (χ3n) is 4.78. The van der Waals surface area contributed by atoms with Crippen LogP contribution in [0.25, 0.3) is 0 Å². The van der Waals surface area contributed by atoms with Gasteiger partial charge >= 0.3 is 6.18 Å².